The molecule has 5 nitrogen and oxygen atoms in total. The molecule has 0 unspecified atom stereocenters. The maximum atomic E-state index is 7.08. The van der Waals surface area contributed by atoms with Crippen molar-refractivity contribution in [1.29, 1.82) is 10.8 Å². The predicted molar refractivity (Wildman–Crippen MR) is 39.0 cm³/mol. The molecule has 58 valence electrons. The Morgan fingerprint density at radius 1 is 1.40 bits per heavy atom. The van der Waals surface area contributed by atoms with Crippen molar-refractivity contribution in [3.05, 3.63) is 0 Å². The Kier molecular flexibility index (Phi) is 3.24. The maximum absolute atomic E-state index is 7.08. The average Bonchev–Trinajstić information content (AvgIpc) is 1.82. The largest absolute Gasteiger partial charge is 0.342 e. The van der Waals surface area contributed by atoms with E-state index in [0.717, 1.165) is 0 Å². The molecule has 0 amide bonds. The first-order valence-corrected chi connectivity index (χ1v) is 2.78. The molecule has 0 aliphatic rings. The molecule has 3 N–H and O–H groups in total. The number of nitrogens with one attached hydrogen (secondary N) is 3. The van der Waals surface area contributed by atoms with Gasteiger partial charge in [-0.3, -0.25) is 5.41 Å². The second kappa shape index (κ2) is 3.71. The molecule has 0 fully saturated rings. The molecule has 0 saturated heterocycles. The van der Waals surface area contributed by atoms with E-state index in [1.807, 2.05) is 0 Å². The van der Waals surface area contributed by atoms with Gasteiger partial charge < -0.3 is 9.74 Å². The molecule has 0 aliphatic carbocycles. The van der Waals surface area contributed by atoms with Crippen molar-refractivity contribution in [2.45, 2.75) is 6.92 Å². The van der Waals surface area contributed by atoms with Crippen LogP contribution in [0.25, 0.3) is 0 Å². The van der Waals surface area contributed by atoms with Gasteiger partial charge in [0.25, 0.3) is 0 Å². The third kappa shape index (κ3) is 3.71. The summed E-state index contributed by atoms with van der Waals surface area (Å²) in [7, 11) is 3.37. The van der Waals surface area contributed by atoms with Gasteiger partial charge in [-0.15, -0.1) is 0 Å². The minimum Gasteiger partial charge on any atom is -0.342 e. The molecule has 5 heteroatoms. The Bertz CT molecular complexity index is 143. The van der Waals surface area contributed by atoms with Crippen LogP contribution >= 0.6 is 0 Å². The minimum atomic E-state index is -0.0217. The molecule has 0 aromatic carbocycles. The molecule has 0 radical (unpaired) electrons. The summed E-state index contributed by atoms with van der Waals surface area (Å²) in [5.74, 6) is 0.173. The number of rotatable bonds is 0. The topological polar surface area (TPSA) is 72.2 Å². The van der Waals surface area contributed by atoms with E-state index in [2.05, 4.69) is 10.3 Å². The van der Waals surface area contributed by atoms with E-state index in [1.165, 1.54) is 11.8 Å². The quantitative estimate of drug-likeness (QED) is 0.254. The highest BCUT2D eigenvalue weighted by molar-refractivity contribution is 5.77. The number of amidine groups is 2. The summed E-state index contributed by atoms with van der Waals surface area (Å²) >= 11 is 0. The lowest BCUT2D eigenvalue weighted by molar-refractivity contribution is 0.203. The van der Waals surface area contributed by atoms with Gasteiger partial charge >= 0.3 is 6.02 Å². The van der Waals surface area contributed by atoms with Crippen LogP contribution in [0.2, 0.25) is 0 Å². The molecule has 0 spiro atoms. The molecule has 10 heavy (non-hydrogen) atoms. The Balaban J connectivity index is 3.50. The monoisotopic (exact) mass is 144 g/mol. The van der Waals surface area contributed by atoms with Crippen molar-refractivity contribution in [3.63, 3.8) is 0 Å². The van der Waals surface area contributed by atoms with Crippen LogP contribution in [0.3, 0.4) is 0 Å². The summed E-state index contributed by atoms with van der Waals surface area (Å²) in [5.41, 5.74) is 2.24. The first kappa shape index (κ1) is 8.74. The fourth-order valence-corrected chi connectivity index (χ4v) is 0.216. The highest BCUT2D eigenvalue weighted by atomic mass is 16.7. The smallest absolute Gasteiger partial charge is 0.311 e. The summed E-state index contributed by atoms with van der Waals surface area (Å²) in [4.78, 5) is 6.08. The van der Waals surface area contributed by atoms with Gasteiger partial charge in [-0.05, 0) is 6.92 Å². The normalized spacial score (nSPS) is 8.30. The van der Waals surface area contributed by atoms with Crippen molar-refractivity contribution in [2.75, 3.05) is 14.1 Å². The number of hydrogen-bond donors (Lipinski definition) is 3. The van der Waals surface area contributed by atoms with Crippen LogP contribution < -0.4 is 5.48 Å². The summed E-state index contributed by atoms with van der Waals surface area (Å²) < 4.78 is 0. The highest BCUT2D eigenvalue weighted by Crippen LogP contribution is 1.78. The van der Waals surface area contributed by atoms with E-state index in [1.54, 1.807) is 14.1 Å². The van der Waals surface area contributed by atoms with Gasteiger partial charge in [-0.25, -0.2) is 10.9 Å². The van der Waals surface area contributed by atoms with Gasteiger partial charge in [-0.1, -0.05) is 0 Å². The molecule has 0 atom stereocenters. The molecule has 0 aliphatic heterocycles. The highest BCUT2D eigenvalue weighted by Gasteiger charge is 1.98. The average molecular weight is 144 g/mol. The van der Waals surface area contributed by atoms with Crippen molar-refractivity contribution in [3.8, 4) is 0 Å². The van der Waals surface area contributed by atoms with Gasteiger partial charge in [0, 0.05) is 14.1 Å². The molecule has 0 bridgehead atoms. The fraction of sp³-hybridized carbons (Fsp3) is 0.600. The van der Waals surface area contributed by atoms with Crippen molar-refractivity contribution in [1.82, 2.24) is 10.4 Å². The number of hydroxylamine groups is 1. The minimum absolute atomic E-state index is 0.0217. The molecular weight excluding hydrogens is 132 g/mol. The zero-order valence-corrected chi connectivity index (χ0v) is 6.36. The van der Waals surface area contributed by atoms with Crippen LogP contribution in [0.5, 0.6) is 0 Å². The van der Waals surface area contributed by atoms with Crippen LogP contribution in [0.1, 0.15) is 6.92 Å². The van der Waals surface area contributed by atoms with Crippen molar-refractivity contribution < 1.29 is 4.84 Å². The van der Waals surface area contributed by atoms with Crippen LogP contribution in [-0.2, 0) is 4.84 Å². The van der Waals surface area contributed by atoms with E-state index in [-0.39, 0.29) is 11.9 Å². The first-order valence-electron chi connectivity index (χ1n) is 2.78. The summed E-state index contributed by atoms with van der Waals surface area (Å²) in [6, 6.07) is -0.0217. The molecule has 0 aromatic rings. The number of nitrogens with zero attached hydrogens (tertiary/aromatic N) is 1. The summed E-state index contributed by atoms with van der Waals surface area (Å²) in [5, 5.41) is 14.0. The third-order valence-corrected chi connectivity index (χ3v) is 0.707. The second-order valence-electron chi connectivity index (χ2n) is 2.03. The van der Waals surface area contributed by atoms with Crippen molar-refractivity contribution >= 4 is 11.9 Å². The molecule has 0 saturated carbocycles. The van der Waals surface area contributed by atoms with E-state index < -0.39 is 0 Å². The molecule has 0 aromatic heterocycles. The summed E-state index contributed by atoms with van der Waals surface area (Å²) in [6.45, 7) is 1.53. The number of hydrogen-bond acceptors (Lipinski definition) is 3. The van der Waals surface area contributed by atoms with Gasteiger partial charge in [-0.2, -0.15) is 0 Å². The van der Waals surface area contributed by atoms with E-state index in [4.69, 9.17) is 10.8 Å². The predicted octanol–water partition coefficient (Wildman–Crippen LogP) is 0.00114. The zero-order chi connectivity index (χ0) is 8.15. The van der Waals surface area contributed by atoms with Crippen LogP contribution in [-0.4, -0.2) is 30.9 Å². The lowest BCUT2D eigenvalue weighted by Gasteiger charge is -2.13. The molecule has 0 heterocycles. The second-order valence-corrected chi connectivity index (χ2v) is 2.03. The maximum Gasteiger partial charge on any atom is 0.311 e. The van der Waals surface area contributed by atoms with E-state index in [9.17, 15) is 0 Å². The van der Waals surface area contributed by atoms with Gasteiger partial charge in [0.05, 0.1) is 0 Å². The lowest BCUT2D eigenvalue weighted by Crippen LogP contribution is -2.31. The summed E-state index contributed by atoms with van der Waals surface area (Å²) in [6.07, 6.45) is 0. The SMILES string of the molecule is CC(=N)NOC(=N)N(C)C. The molecule has 0 rings (SSSR count). The fourth-order valence-electron chi connectivity index (χ4n) is 0.216. The Labute approximate surface area is 59.9 Å². The van der Waals surface area contributed by atoms with Crippen molar-refractivity contribution in [2.24, 2.45) is 0 Å². The lowest BCUT2D eigenvalue weighted by atomic mass is 10.7. The standard InChI is InChI=1S/C5H12N4O/c1-4(6)8-10-5(7)9(2)3/h7H,1-3H3,(H2,6,8). The van der Waals surface area contributed by atoms with Gasteiger partial charge in [0.2, 0.25) is 0 Å². The van der Waals surface area contributed by atoms with Crippen LogP contribution in [0, 0.1) is 10.8 Å². The Morgan fingerprint density at radius 3 is 2.20 bits per heavy atom. The van der Waals surface area contributed by atoms with E-state index >= 15 is 0 Å². The first-order chi connectivity index (χ1) is 4.54. The van der Waals surface area contributed by atoms with Gasteiger partial charge in [0.1, 0.15) is 5.84 Å². The Hall–Kier alpha value is -1.26. The van der Waals surface area contributed by atoms with Crippen LogP contribution in [0.4, 0.5) is 0 Å². The molecular formula is C5H12N4O. The van der Waals surface area contributed by atoms with E-state index in [0.29, 0.717) is 0 Å². The van der Waals surface area contributed by atoms with Crippen LogP contribution in [0.15, 0.2) is 0 Å². The Morgan fingerprint density at radius 2 is 1.90 bits per heavy atom. The van der Waals surface area contributed by atoms with Gasteiger partial charge in [0.15, 0.2) is 0 Å². The third-order valence-electron chi connectivity index (χ3n) is 0.707. The zero-order valence-electron chi connectivity index (χ0n) is 6.36.